The van der Waals surface area contributed by atoms with Crippen LogP contribution in [0.15, 0.2) is 42.6 Å². The summed E-state index contributed by atoms with van der Waals surface area (Å²) in [6, 6.07) is 6.17. The van der Waals surface area contributed by atoms with Crippen LogP contribution in [0.2, 0.25) is 0 Å². The number of nitrogens with two attached hydrogens (primary N) is 1. The fraction of sp³-hybridized carbons (Fsp3) is 0.281. The van der Waals surface area contributed by atoms with E-state index in [4.69, 9.17) is 5.73 Å². The fourth-order valence-electron chi connectivity index (χ4n) is 6.57. The van der Waals surface area contributed by atoms with Crippen molar-refractivity contribution in [3.63, 3.8) is 0 Å². The minimum Gasteiger partial charge on any atom is -0.382 e. The molecule has 4 N–H and O–H groups in total. The predicted octanol–water partition coefficient (Wildman–Crippen LogP) is 4.32. The molecule has 2 aromatic carbocycles. The number of hydrogen-bond acceptors (Lipinski definition) is 8. The molecule has 51 heavy (non-hydrogen) atoms. The van der Waals surface area contributed by atoms with Gasteiger partial charge in [-0.1, -0.05) is 24.0 Å². The number of aromatic nitrogens is 6. The molecule has 0 spiro atoms. The van der Waals surface area contributed by atoms with Gasteiger partial charge in [-0.25, -0.2) is 31.0 Å². The zero-order valence-electron chi connectivity index (χ0n) is 26.4. The van der Waals surface area contributed by atoms with E-state index in [-0.39, 0.29) is 35.0 Å². The lowest BCUT2D eigenvalue weighted by Gasteiger charge is -2.24. The summed E-state index contributed by atoms with van der Waals surface area (Å²) in [6.45, 7) is -0.937. The minimum atomic E-state index is -3.74. The number of sulfonamides is 1. The van der Waals surface area contributed by atoms with E-state index in [1.807, 2.05) is 0 Å². The number of para-hydroxylation sites is 1. The van der Waals surface area contributed by atoms with Crippen LogP contribution in [0.25, 0.3) is 22.2 Å². The Hall–Kier alpha value is -5.64. The third-order valence-corrected chi connectivity index (χ3v) is 9.08. The van der Waals surface area contributed by atoms with E-state index in [0.717, 1.165) is 24.6 Å². The second-order valence-electron chi connectivity index (χ2n) is 12.2. The average Bonchev–Trinajstić information content (AvgIpc) is 3.56. The van der Waals surface area contributed by atoms with Crippen LogP contribution < -0.4 is 15.8 Å². The van der Waals surface area contributed by atoms with E-state index in [1.165, 1.54) is 11.7 Å². The highest BCUT2D eigenvalue weighted by molar-refractivity contribution is 7.92. The van der Waals surface area contributed by atoms with Gasteiger partial charge >= 0.3 is 5.92 Å². The van der Waals surface area contributed by atoms with Crippen LogP contribution in [0.3, 0.4) is 0 Å². The third kappa shape index (κ3) is 5.98. The lowest BCUT2D eigenvalue weighted by atomic mass is 9.84. The van der Waals surface area contributed by atoms with Crippen molar-refractivity contribution in [3.05, 3.63) is 82.4 Å². The second-order valence-corrected chi connectivity index (χ2v) is 13.9. The van der Waals surface area contributed by atoms with Crippen LogP contribution in [0.1, 0.15) is 46.6 Å². The molecule has 3 aromatic heterocycles. The van der Waals surface area contributed by atoms with Gasteiger partial charge in [-0.2, -0.15) is 19.0 Å². The van der Waals surface area contributed by atoms with E-state index >= 15 is 8.78 Å². The molecule has 0 fully saturated rings. The number of nitrogen functional groups attached to an aromatic ring is 1. The number of aryl methyl sites for hydroxylation is 1. The highest BCUT2D eigenvalue weighted by Crippen LogP contribution is 2.57. The Labute approximate surface area is 285 Å². The van der Waals surface area contributed by atoms with Crippen molar-refractivity contribution in [2.45, 2.75) is 37.3 Å². The van der Waals surface area contributed by atoms with Crippen LogP contribution in [0.5, 0.6) is 0 Å². The van der Waals surface area contributed by atoms with Gasteiger partial charge in [-0.3, -0.25) is 23.9 Å². The maximum absolute atomic E-state index is 15.4. The van der Waals surface area contributed by atoms with Gasteiger partial charge in [0.05, 0.1) is 41.3 Å². The number of alkyl halides is 4. The van der Waals surface area contributed by atoms with E-state index < -0.39 is 81.3 Å². The lowest BCUT2D eigenvalue weighted by molar-refractivity contribution is -0.123. The molecule has 1 amide bonds. The fourth-order valence-corrected chi connectivity index (χ4v) is 7.07. The number of carbonyl (C=O) groups is 1. The molecule has 0 saturated carbocycles. The molecular formula is C32H25F6N9O3S. The van der Waals surface area contributed by atoms with E-state index in [2.05, 4.69) is 42.0 Å². The molecule has 12 nitrogen and oxygen atoms in total. The van der Waals surface area contributed by atoms with Gasteiger partial charge < -0.3 is 11.1 Å². The molecular weight excluding hydrogens is 704 g/mol. The Morgan fingerprint density at radius 2 is 1.82 bits per heavy atom. The monoisotopic (exact) mass is 729 g/mol. The Morgan fingerprint density at radius 3 is 2.47 bits per heavy atom. The number of benzene rings is 2. The maximum Gasteiger partial charge on any atom is 0.304 e. The van der Waals surface area contributed by atoms with E-state index in [0.29, 0.717) is 27.2 Å². The van der Waals surface area contributed by atoms with Gasteiger partial charge in [0.25, 0.3) is 6.43 Å². The number of carbonyl (C=O) groups excluding carboxylic acids is 1. The number of halogens is 6. The highest BCUT2D eigenvalue weighted by atomic mass is 32.2. The van der Waals surface area contributed by atoms with Gasteiger partial charge in [0.15, 0.2) is 5.82 Å². The van der Waals surface area contributed by atoms with Crippen LogP contribution in [-0.2, 0) is 40.8 Å². The van der Waals surface area contributed by atoms with Gasteiger partial charge in [0.1, 0.15) is 41.3 Å². The van der Waals surface area contributed by atoms with Gasteiger partial charge in [-0.05, 0) is 30.2 Å². The molecule has 0 radical (unpaired) electrons. The van der Waals surface area contributed by atoms with Gasteiger partial charge in [0, 0.05) is 29.6 Å². The molecule has 7 rings (SSSR count). The molecule has 264 valence electrons. The Bertz CT molecular complexity index is 2420. The quantitative estimate of drug-likeness (QED) is 0.142. The molecule has 1 unspecified atom stereocenters. The highest BCUT2D eigenvalue weighted by Gasteiger charge is 2.60. The summed E-state index contributed by atoms with van der Waals surface area (Å²) in [5.74, 6) is -4.44. The number of fused-ring (bicyclic) bond motifs is 4. The third-order valence-electron chi connectivity index (χ3n) is 8.51. The maximum atomic E-state index is 15.4. The molecule has 2 aliphatic carbocycles. The van der Waals surface area contributed by atoms with Crippen LogP contribution in [-0.4, -0.2) is 50.1 Å². The smallest absolute Gasteiger partial charge is 0.304 e. The number of nitrogens with zero attached hydrogens (tertiary/aromatic N) is 6. The molecule has 3 heterocycles. The Kier molecular flexibility index (Phi) is 7.96. The molecule has 0 saturated heterocycles. The molecule has 0 aliphatic heterocycles. The Morgan fingerprint density at radius 1 is 1.10 bits per heavy atom. The first-order chi connectivity index (χ1) is 24.0. The molecule has 19 heteroatoms. The number of rotatable bonds is 10. The van der Waals surface area contributed by atoms with Crippen molar-refractivity contribution in [2.24, 2.45) is 13.0 Å². The van der Waals surface area contributed by atoms with Crippen molar-refractivity contribution >= 4 is 38.5 Å². The number of hydrogen-bond donors (Lipinski definition) is 3. The normalized spacial score (nSPS) is 17.7. The number of nitrogens with one attached hydrogen (secondary N) is 2. The standard InChI is InChI=1S/C32H25F6N9O3S/c1-46-28-18(4-3-5-19(28)31(44-46)45-51(2,49)50)25-26(40-12-22(39)42-25)21(10-14-8-15(33)11-16(34)9-14)41-23(48)13-47-29-24(27(43-47)30(35)36)17-6-7-20(17)32(29,37)38/h3-5,8-9,11-12,17,20-21,30H,10,13H2,1-2H3,(H2,39,42)(H,41,48)(H,44,45)/t17-,20+,21?/m0/s1. The minimum absolute atomic E-state index is 0.000844. The number of anilines is 2. The molecule has 0 bridgehead atoms. The topological polar surface area (TPSA) is 163 Å². The average molecular weight is 730 g/mol. The van der Waals surface area contributed by atoms with Gasteiger partial charge in [-0.15, -0.1) is 0 Å². The summed E-state index contributed by atoms with van der Waals surface area (Å²) in [6.07, 6.45) is -1.42. The molecule has 5 aromatic rings. The first-order valence-corrected chi connectivity index (χ1v) is 17.0. The summed E-state index contributed by atoms with van der Waals surface area (Å²) < 4.78 is 116. The van der Waals surface area contributed by atoms with Crippen LogP contribution in [0.4, 0.5) is 38.0 Å². The molecule has 3 atom stereocenters. The van der Waals surface area contributed by atoms with Crippen molar-refractivity contribution in [1.29, 1.82) is 0 Å². The number of amides is 1. The zero-order chi connectivity index (χ0) is 36.6. The van der Waals surface area contributed by atoms with Crippen molar-refractivity contribution < 1.29 is 39.6 Å². The summed E-state index contributed by atoms with van der Waals surface area (Å²) in [7, 11) is -2.21. The first-order valence-electron chi connectivity index (χ1n) is 15.1. The van der Waals surface area contributed by atoms with Crippen molar-refractivity contribution in [1.82, 2.24) is 34.8 Å². The van der Waals surface area contributed by atoms with Crippen LogP contribution >= 0.6 is 0 Å². The van der Waals surface area contributed by atoms with E-state index in [1.54, 1.807) is 18.2 Å². The van der Waals surface area contributed by atoms with Crippen molar-refractivity contribution in [2.75, 3.05) is 16.7 Å². The summed E-state index contributed by atoms with van der Waals surface area (Å²) in [5.41, 5.74) is 4.67. The zero-order valence-corrected chi connectivity index (χ0v) is 27.2. The SMILES string of the molecule is Cn1nc(NS(C)(=O)=O)c2cccc(-c3nc(N)cnc3C(Cc3cc(F)cc(F)c3)NC(=O)Cn3nc(C(F)F)c4c3C(F)(F)[C@@H]3C#C[C@H]43)c21. The van der Waals surface area contributed by atoms with Gasteiger partial charge in [0.2, 0.25) is 15.9 Å². The summed E-state index contributed by atoms with van der Waals surface area (Å²) >= 11 is 0. The first kappa shape index (κ1) is 33.8. The van der Waals surface area contributed by atoms with E-state index in [9.17, 15) is 30.8 Å². The summed E-state index contributed by atoms with van der Waals surface area (Å²) in [4.78, 5) is 22.5. The molecule has 2 aliphatic rings. The predicted molar refractivity (Wildman–Crippen MR) is 171 cm³/mol. The summed E-state index contributed by atoms with van der Waals surface area (Å²) in [5, 5.41) is 10.9. The Balaban J connectivity index is 1.32. The largest absolute Gasteiger partial charge is 0.382 e. The van der Waals surface area contributed by atoms with Crippen LogP contribution in [0, 0.1) is 29.4 Å². The lowest BCUT2D eigenvalue weighted by Crippen LogP contribution is -2.36. The van der Waals surface area contributed by atoms with Crippen molar-refractivity contribution in [3.8, 4) is 23.1 Å². The second kappa shape index (κ2) is 12.0.